The van der Waals surface area contributed by atoms with E-state index in [1.165, 1.54) is 0 Å². The Morgan fingerprint density at radius 2 is 2.24 bits per heavy atom. The lowest BCUT2D eigenvalue weighted by Gasteiger charge is -2.15. The molecule has 1 N–H and O–H groups in total. The second kappa shape index (κ2) is 6.35. The summed E-state index contributed by atoms with van der Waals surface area (Å²) < 4.78 is 9.98. The summed E-state index contributed by atoms with van der Waals surface area (Å²) in [7, 11) is 1.57. The Morgan fingerprint density at radius 1 is 1.53 bits per heavy atom. The minimum Gasteiger partial charge on any atom is -0.497 e. The molecule has 1 rings (SSSR count). The van der Waals surface area contributed by atoms with Gasteiger partial charge in [0.1, 0.15) is 11.8 Å². The number of rotatable bonds is 5. The SMILES string of the molecule is CCOC(=O)C(C)Nc1cc(OC)ccc1Cl. The number of methoxy groups -OCH3 is 1. The van der Waals surface area contributed by atoms with Crippen molar-refractivity contribution in [3.05, 3.63) is 23.2 Å². The van der Waals surface area contributed by atoms with E-state index in [1.807, 2.05) is 0 Å². The standard InChI is InChI=1S/C12H16ClNO3/c1-4-17-12(15)8(2)14-11-7-9(16-3)5-6-10(11)13/h5-8,14H,4H2,1-3H3. The molecule has 0 radical (unpaired) electrons. The predicted molar refractivity (Wildman–Crippen MR) is 67.7 cm³/mol. The highest BCUT2D eigenvalue weighted by Gasteiger charge is 2.15. The number of benzene rings is 1. The van der Waals surface area contributed by atoms with Crippen LogP contribution in [0.25, 0.3) is 0 Å². The van der Waals surface area contributed by atoms with E-state index in [2.05, 4.69) is 5.32 Å². The number of hydrogen-bond donors (Lipinski definition) is 1. The van der Waals surface area contributed by atoms with Crippen molar-refractivity contribution in [3.63, 3.8) is 0 Å². The van der Waals surface area contributed by atoms with Crippen LogP contribution in [0.4, 0.5) is 5.69 Å². The molecular formula is C12H16ClNO3. The summed E-state index contributed by atoms with van der Waals surface area (Å²) in [6.07, 6.45) is 0. The van der Waals surface area contributed by atoms with Crippen LogP contribution >= 0.6 is 11.6 Å². The number of nitrogens with one attached hydrogen (secondary N) is 1. The number of anilines is 1. The molecule has 0 aliphatic carbocycles. The molecule has 0 aliphatic heterocycles. The van der Waals surface area contributed by atoms with Gasteiger partial charge < -0.3 is 14.8 Å². The molecule has 1 atom stereocenters. The van der Waals surface area contributed by atoms with E-state index in [9.17, 15) is 4.79 Å². The fraction of sp³-hybridized carbons (Fsp3) is 0.417. The van der Waals surface area contributed by atoms with Gasteiger partial charge >= 0.3 is 5.97 Å². The zero-order valence-corrected chi connectivity index (χ0v) is 10.9. The Labute approximate surface area is 106 Å². The third kappa shape index (κ3) is 3.82. The third-order valence-electron chi connectivity index (χ3n) is 2.19. The van der Waals surface area contributed by atoms with Crippen LogP contribution in [0.2, 0.25) is 5.02 Å². The highest BCUT2D eigenvalue weighted by Crippen LogP contribution is 2.27. The second-order valence-corrected chi connectivity index (χ2v) is 3.87. The van der Waals surface area contributed by atoms with Gasteiger partial charge in [-0.05, 0) is 26.0 Å². The van der Waals surface area contributed by atoms with E-state index in [4.69, 9.17) is 21.1 Å². The van der Waals surface area contributed by atoms with Crippen molar-refractivity contribution in [2.45, 2.75) is 19.9 Å². The second-order valence-electron chi connectivity index (χ2n) is 3.46. The zero-order chi connectivity index (χ0) is 12.8. The fourth-order valence-corrected chi connectivity index (χ4v) is 1.47. The van der Waals surface area contributed by atoms with Crippen molar-refractivity contribution in [1.82, 2.24) is 0 Å². The number of carbonyl (C=O) groups is 1. The molecule has 94 valence electrons. The molecule has 0 aromatic heterocycles. The number of ether oxygens (including phenoxy) is 2. The van der Waals surface area contributed by atoms with E-state index >= 15 is 0 Å². The fourth-order valence-electron chi connectivity index (χ4n) is 1.30. The number of carbonyl (C=O) groups excluding carboxylic acids is 1. The lowest BCUT2D eigenvalue weighted by atomic mass is 10.2. The molecule has 1 aromatic rings. The van der Waals surface area contributed by atoms with Crippen LogP contribution in [-0.2, 0) is 9.53 Å². The van der Waals surface area contributed by atoms with Crippen LogP contribution in [0.5, 0.6) is 5.75 Å². The summed E-state index contributed by atoms with van der Waals surface area (Å²) in [5.41, 5.74) is 0.645. The maximum atomic E-state index is 11.5. The first-order valence-electron chi connectivity index (χ1n) is 5.35. The summed E-state index contributed by atoms with van der Waals surface area (Å²) in [4.78, 5) is 11.5. The van der Waals surface area contributed by atoms with E-state index < -0.39 is 6.04 Å². The molecule has 0 aliphatic rings. The molecule has 0 bridgehead atoms. The Hall–Kier alpha value is -1.42. The van der Waals surface area contributed by atoms with Gasteiger partial charge in [0.15, 0.2) is 0 Å². The van der Waals surface area contributed by atoms with Crippen LogP contribution in [0.1, 0.15) is 13.8 Å². The Kier molecular flexibility index (Phi) is 5.10. The van der Waals surface area contributed by atoms with Gasteiger partial charge in [-0.15, -0.1) is 0 Å². The van der Waals surface area contributed by atoms with E-state index in [-0.39, 0.29) is 5.97 Å². The minimum atomic E-state index is -0.459. The molecule has 0 amide bonds. The van der Waals surface area contributed by atoms with E-state index in [0.717, 1.165) is 0 Å². The van der Waals surface area contributed by atoms with Crippen molar-refractivity contribution in [1.29, 1.82) is 0 Å². The molecule has 5 heteroatoms. The summed E-state index contributed by atoms with van der Waals surface area (Å²) >= 11 is 6.01. The van der Waals surface area contributed by atoms with E-state index in [1.54, 1.807) is 39.2 Å². The van der Waals surface area contributed by atoms with Gasteiger partial charge in [0, 0.05) is 6.07 Å². The maximum absolute atomic E-state index is 11.5. The lowest BCUT2D eigenvalue weighted by molar-refractivity contribution is -0.143. The van der Waals surface area contributed by atoms with Crippen LogP contribution in [0.15, 0.2) is 18.2 Å². The highest BCUT2D eigenvalue weighted by atomic mass is 35.5. The Balaban J connectivity index is 2.76. The van der Waals surface area contributed by atoms with Gasteiger partial charge in [0.2, 0.25) is 0 Å². The predicted octanol–water partition coefficient (Wildman–Crippen LogP) is 2.71. The first-order valence-corrected chi connectivity index (χ1v) is 5.73. The van der Waals surface area contributed by atoms with E-state index in [0.29, 0.717) is 23.1 Å². The van der Waals surface area contributed by atoms with Gasteiger partial charge in [0.05, 0.1) is 24.4 Å². The van der Waals surface area contributed by atoms with Crippen molar-refractivity contribution in [3.8, 4) is 5.75 Å². The Bertz CT molecular complexity index is 395. The van der Waals surface area contributed by atoms with Gasteiger partial charge in [0.25, 0.3) is 0 Å². The summed E-state index contributed by atoms with van der Waals surface area (Å²) in [6.45, 7) is 3.84. The van der Waals surface area contributed by atoms with Crippen molar-refractivity contribution in [2.75, 3.05) is 19.0 Å². The monoisotopic (exact) mass is 257 g/mol. The number of esters is 1. The number of halogens is 1. The molecule has 0 saturated carbocycles. The molecule has 17 heavy (non-hydrogen) atoms. The smallest absolute Gasteiger partial charge is 0.328 e. The van der Waals surface area contributed by atoms with Gasteiger partial charge in [-0.1, -0.05) is 11.6 Å². The van der Waals surface area contributed by atoms with Crippen LogP contribution in [0, 0.1) is 0 Å². The highest BCUT2D eigenvalue weighted by molar-refractivity contribution is 6.33. The van der Waals surface area contributed by atoms with Crippen LogP contribution < -0.4 is 10.1 Å². The maximum Gasteiger partial charge on any atom is 0.328 e. The van der Waals surface area contributed by atoms with Gasteiger partial charge in [-0.3, -0.25) is 0 Å². The largest absolute Gasteiger partial charge is 0.497 e. The molecule has 1 aromatic carbocycles. The van der Waals surface area contributed by atoms with Gasteiger partial charge in [-0.2, -0.15) is 0 Å². The number of hydrogen-bond acceptors (Lipinski definition) is 4. The van der Waals surface area contributed by atoms with Crippen LogP contribution in [-0.4, -0.2) is 25.7 Å². The average molecular weight is 258 g/mol. The normalized spacial score (nSPS) is 11.8. The average Bonchev–Trinajstić information content (AvgIpc) is 2.32. The lowest BCUT2D eigenvalue weighted by Crippen LogP contribution is -2.28. The molecule has 0 saturated heterocycles. The van der Waals surface area contributed by atoms with Crippen molar-refractivity contribution < 1.29 is 14.3 Å². The summed E-state index contributed by atoms with van der Waals surface area (Å²) in [5, 5.41) is 3.51. The summed E-state index contributed by atoms with van der Waals surface area (Å²) in [5.74, 6) is 0.361. The molecule has 1 unspecified atom stereocenters. The van der Waals surface area contributed by atoms with Crippen molar-refractivity contribution in [2.24, 2.45) is 0 Å². The quantitative estimate of drug-likeness (QED) is 0.824. The zero-order valence-electron chi connectivity index (χ0n) is 10.1. The molecule has 0 heterocycles. The van der Waals surface area contributed by atoms with Crippen LogP contribution in [0.3, 0.4) is 0 Å². The van der Waals surface area contributed by atoms with Gasteiger partial charge in [-0.25, -0.2) is 4.79 Å². The molecule has 0 spiro atoms. The summed E-state index contributed by atoms with van der Waals surface area (Å²) in [6, 6.07) is 4.74. The topological polar surface area (TPSA) is 47.6 Å². The van der Waals surface area contributed by atoms with Crippen molar-refractivity contribution >= 4 is 23.3 Å². The molecule has 0 fully saturated rings. The molecular weight excluding hydrogens is 242 g/mol. The first-order chi connectivity index (χ1) is 8.08. The minimum absolute atomic E-state index is 0.314. The Morgan fingerprint density at radius 3 is 2.82 bits per heavy atom. The molecule has 4 nitrogen and oxygen atoms in total. The third-order valence-corrected chi connectivity index (χ3v) is 2.52. The first kappa shape index (κ1) is 13.6.